The first-order valence-electron chi connectivity index (χ1n) is 6.82. The quantitative estimate of drug-likeness (QED) is 0.654. The van der Waals surface area contributed by atoms with E-state index in [0.29, 0.717) is 25.9 Å². The molecule has 1 saturated heterocycles. The van der Waals surface area contributed by atoms with Crippen LogP contribution >= 0.6 is 0 Å². The van der Waals surface area contributed by atoms with Gasteiger partial charge >= 0.3 is 5.97 Å². The van der Waals surface area contributed by atoms with E-state index in [9.17, 15) is 18.0 Å². The van der Waals surface area contributed by atoms with E-state index in [4.69, 9.17) is 0 Å². The van der Waals surface area contributed by atoms with E-state index < -0.39 is 16.2 Å². The molecule has 9 heteroatoms. The maximum atomic E-state index is 12.3. The van der Waals surface area contributed by atoms with E-state index in [1.54, 1.807) is 0 Å². The third kappa shape index (κ3) is 5.25. The van der Waals surface area contributed by atoms with E-state index in [-0.39, 0.29) is 24.9 Å². The number of hydrogen-bond acceptors (Lipinski definition) is 5. The molecule has 0 spiro atoms. The molecule has 0 aromatic carbocycles. The topological polar surface area (TPSA) is 96.0 Å². The number of nitrogens with zero attached hydrogens (tertiary/aromatic N) is 2. The Balaban J connectivity index is 2.52. The highest BCUT2D eigenvalue weighted by Gasteiger charge is 2.31. The number of nitrogens with one attached hydrogen (secondary N) is 1. The molecule has 1 amide bonds. The standard InChI is InChI=1S/C12H23N3O5S/c1-10(16)13-11-4-8-15(9-5-11)21(18,19)14(2)7-6-12(17)20-3/h11H,4-9H2,1-3H3,(H,13,16). The number of hydrogen-bond donors (Lipinski definition) is 1. The van der Waals surface area contributed by atoms with Gasteiger partial charge in [-0.1, -0.05) is 0 Å². The summed E-state index contributed by atoms with van der Waals surface area (Å²) in [5.74, 6) is -0.548. The van der Waals surface area contributed by atoms with Crippen molar-refractivity contribution in [2.75, 3.05) is 33.8 Å². The van der Waals surface area contributed by atoms with E-state index in [0.717, 1.165) is 4.31 Å². The van der Waals surface area contributed by atoms with Crippen molar-refractivity contribution in [2.45, 2.75) is 32.2 Å². The first-order chi connectivity index (χ1) is 9.77. The lowest BCUT2D eigenvalue weighted by molar-refractivity contribution is -0.140. The minimum absolute atomic E-state index is 0.0224. The number of esters is 1. The second kappa shape index (κ2) is 7.71. The lowest BCUT2D eigenvalue weighted by Crippen LogP contribution is -2.50. The van der Waals surface area contributed by atoms with Crippen LogP contribution in [0, 0.1) is 0 Å². The van der Waals surface area contributed by atoms with Gasteiger partial charge in [0.25, 0.3) is 10.2 Å². The van der Waals surface area contributed by atoms with Gasteiger partial charge in [0.05, 0.1) is 13.5 Å². The average molecular weight is 321 g/mol. The predicted molar refractivity (Wildman–Crippen MR) is 76.6 cm³/mol. The molecule has 0 aromatic rings. The summed E-state index contributed by atoms with van der Waals surface area (Å²) in [5.41, 5.74) is 0. The van der Waals surface area contributed by atoms with Crippen LogP contribution in [0.2, 0.25) is 0 Å². The molecule has 0 unspecified atom stereocenters. The van der Waals surface area contributed by atoms with Gasteiger partial charge in [0.15, 0.2) is 0 Å². The van der Waals surface area contributed by atoms with Crippen LogP contribution in [-0.4, -0.2) is 68.7 Å². The van der Waals surface area contributed by atoms with Crippen molar-refractivity contribution in [3.63, 3.8) is 0 Å². The Morgan fingerprint density at radius 1 is 1.33 bits per heavy atom. The molecule has 0 atom stereocenters. The molecule has 1 rings (SSSR count). The van der Waals surface area contributed by atoms with Gasteiger partial charge in [0.2, 0.25) is 5.91 Å². The molecule has 0 radical (unpaired) electrons. The van der Waals surface area contributed by atoms with E-state index in [1.807, 2.05) is 0 Å². The monoisotopic (exact) mass is 321 g/mol. The molecule has 1 fully saturated rings. The Kier molecular flexibility index (Phi) is 6.56. The molecule has 1 N–H and O–H groups in total. The van der Waals surface area contributed by atoms with Crippen LogP contribution in [0.1, 0.15) is 26.2 Å². The fraction of sp³-hybridized carbons (Fsp3) is 0.833. The first-order valence-corrected chi connectivity index (χ1v) is 8.22. The largest absolute Gasteiger partial charge is 0.469 e. The number of piperidine rings is 1. The maximum absolute atomic E-state index is 12.3. The number of ether oxygens (including phenoxy) is 1. The van der Waals surface area contributed by atoms with Crippen LogP contribution in [0.25, 0.3) is 0 Å². The normalized spacial score (nSPS) is 17.7. The van der Waals surface area contributed by atoms with E-state index in [2.05, 4.69) is 10.1 Å². The summed E-state index contributed by atoms with van der Waals surface area (Å²) < 4.78 is 31.7. The number of rotatable bonds is 6. The van der Waals surface area contributed by atoms with Gasteiger partial charge in [-0.15, -0.1) is 0 Å². The van der Waals surface area contributed by atoms with Crippen molar-refractivity contribution in [3.05, 3.63) is 0 Å². The minimum Gasteiger partial charge on any atom is -0.469 e. The molecular formula is C12H23N3O5S. The van der Waals surface area contributed by atoms with Crippen molar-refractivity contribution in [1.29, 1.82) is 0 Å². The zero-order valence-electron chi connectivity index (χ0n) is 12.7. The van der Waals surface area contributed by atoms with Crippen LogP contribution in [-0.2, 0) is 24.5 Å². The fourth-order valence-electron chi connectivity index (χ4n) is 2.18. The van der Waals surface area contributed by atoms with Crippen molar-refractivity contribution >= 4 is 22.1 Å². The van der Waals surface area contributed by atoms with Gasteiger partial charge < -0.3 is 10.1 Å². The molecule has 8 nitrogen and oxygen atoms in total. The molecule has 21 heavy (non-hydrogen) atoms. The second-order valence-corrected chi connectivity index (χ2v) is 7.06. The zero-order valence-corrected chi connectivity index (χ0v) is 13.5. The van der Waals surface area contributed by atoms with Gasteiger partial charge in [-0.3, -0.25) is 9.59 Å². The van der Waals surface area contributed by atoms with Gasteiger partial charge in [0.1, 0.15) is 0 Å². The van der Waals surface area contributed by atoms with Crippen LogP contribution in [0.3, 0.4) is 0 Å². The Bertz CT molecular complexity index is 471. The SMILES string of the molecule is COC(=O)CCN(C)S(=O)(=O)N1CCC(NC(C)=O)CC1. The summed E-state index contributed by atoms with van der Waals surface area (Å²) in [6.45, 7) is 2.25. The Labute approximate surface area is 125 Å². The van der Waals surface area contributed by atoms with Crippen molar-refractivity contribution in [1.82, 2.24) is 13.9 Å². The smallest absolute Gasteiger partial charge is 0.306 e. The van der Waals surface area contributed by atoms with Crippen LogP contribution in [0.15, 0.2) is 0 Å². The summed E-state index contributed by atoms with van der Waals surface area (Å²) in [6.07, 6.45) is 1.20. The second-order valence-electron chi connectivity index (χ2n) is 5.03. The van der Waals surface area contributed by atoms with Gasteiger partial charge in [-0.25, -0.2) is 0 Å². The van der Waals surface area contributed by atoms with Crippen LogP contribution < -0.4 is 5.32 Å². The Morgan fingerprint density at radius 2 is 1.90 bits per heavy atom. The molecular weight excluding hydrogens is 298 g/mol. The third-order valence-corrected chi connectivity index (χ3v) is 5.43. The molecule has 0 saturated carbocycles. The fourth-order valence-corrected chi connectivity index (χ4v) is 3.57. The maximum Gasteiger partial charge on any atom is 0.306 e. The number of carbonyl (C=O) groups excluding carboxylic acids is 2. The number of amides is 1. The molecule has 0 aromatic heterocycles. The summed E-state index contributed by atoms with van der Waals surface area (Å²) >= 11 is 0. The summed E-state index contributed by atoms with van der Waals surface area (Å²) in [4.78, 5) is 22.0. The number of methoxy groups -OCH3 is 1. The van der Waals surface area contributed by atoms with Gasteiger partial charge in [0, 0.05) is 39.6 Å². The molecule has 122 valence electrons. The lowest BCUT2D eigenvalue weighted by Gasteiger charge is -2.33. The predicted octanol–water partition coefficient (Wildman–Crippen LogP) is -0.673. The Hall–Kier alpha value is -1.19. The van der Waals surface area contributed by atoms with Gasteiger partial charge in [-0.2, -0.15) is 17.0 Å². The third-order valence-electron chi connectivity index (χ3n) is 3.44. The Morgan fingerprint density at radius 3 is 2.38 bits per heavy atom. The highest BCUT2D eigenvalue weighted by molar-refractivity contribution is 7.86. The molecule has 1 heterocycles. The van der Waals surface area contributed by atoms with Crippen LogP contribution in [0.5, 0.6) is 0 Å². The molecule has 1 aliphatic heterocycles. The minimum atomic E-state index is -3.57. The van der Waals surface area contributed by atoms with Crippen molar-refractivity contribution in [2.24, 2.45) is 0 Å². The van der Waals surface area contributed by atoms with Crippen molar-refractivity contribution in [3.8, 4) is 0 Å². The van der Waals surface area contributed by atoms with E-state index in [1.165, 1.54) is 25.4 Å². The summed E-state index contributed by atoms with van der Waals surface area (Å²) in [5, 5.41) is 2.80. The molecule has 0 aliphatic carbocycles. The van der Waals surface area contributed by atoms with Gasteiger partial charge in [-0.05, 0) is 12.8 Å². The highest BCUT2D eigenvalue weighted by atomic mass is 32.2. The van der Waals surface area contributed by atoms with Crippen molar-refractivity contribution < 1.29 is 22.7 Å². The first kappa shape index (κ1) is 17.9. The molecule has 1 aliphatic rings. The van der Waals surface area contributed by atoms with Crippen LogP contribution in [0.4, 0.5) is 0 Å². The summed E-state index contributed by atoms with van der Waals surface area (Å²) in [7, 11) is -0.862. The average Bonchev–Trinajstić information content (AvgIpc) is 2.44. The molecule has 0 bridgehead atoms. The highest BCUT2D eigenvalue weighted by Crippen LogP contribution is 2.16. The summed E-state index contributed by atoms with van der Waals surface area (Å²) in [6, 6.07) is 0.0225. The number of carbonyl (C=O) groups is 2. The zero-order chi connectivity index (χ0) is 16.0. The lowest BCUT2D eigenvalue weighted by atomic mass is 10.1. The van der Waals surface area contributed by atoms with E-state index >= 15 is 0 Å².